The number of piperidine rings is 1. The molecule has 1 aliphatic heterocycles. The third kappa shape index (κ3) is 2.78. The zero-order chi connectivity index (χ0) is 15.6. The van der Waals surface area contributed by atoms with Crippen molar-refractivity contribution < 1.29 is 4.79 Å². The molecule has 0 unspecified atom stereocenters. The van der Waals surface area contributed by atoms with E-state index in [0.29, 0.717) is 11.7 Å². The largest absolute Gasteiger partial charge is 0.334 e. The van der Waals surface area contributed by atoms with Gasteiger partial charge < -0.3 is 4.90 Å². The van der Waals surface area contributed by atoms with Gasteiger partial charge in [0, 0.05) is 42.8 Å². The lowest BCUT2D eigenvalue weighted by Gasteiger charge is -2.35. The molecule has 1 N–H and O–H groups in total. The number of nitrogens with zero attached hydrogens (tertiary/aromatic N) is 4. The summed E-state index contributed by atoms with van der Waals surface area (Å²) in [6.07, 6.45) is 11.3. The molecule has 1 saturated heterocycles. The highest BCUT2D eigenvalue weighted by atomic mass is 16.2. The summed E-state index contributed by atoms with van der Waals surface area (Å²) in [6, 6.07) is 2.24. The number of amides is 1. The molecular formula is C17H23N5O. The molecule has 6 heteroatoms. The minimum atomic E-state index is 0.120. The molecule has 6 nitrogen and oxygen atoms in total. The van der Waals surface area contributed by atoms with E-state index in [2.05, 4.69) is 20.2 Å². The summed E-state index contributed by atoms with van der Waals surface area (Å²) in [4.78, 5) is 15.1. The predicted octanol–water partition coefficient (Wildman–Crippen LogP) is 2.18. The van der Waals surface area contributed by atoms with Crippen LogP contribution in [0.4, 0.5) is 0 Å². The first kappa shape index (κ1) is 14.5. The molecule has 4 rings (SSSR count). The highest BCUT2D eigenvalue weighted by Crippen LogP contribution is 2.27. The molecule has 1 amide bonds. The fraction of sp³-hybridized carbons (Fsp3) is 0.588. The Labute approximate surface area is 135 Å². The van der Waals surface area contributed by atoms with Gasteiger partial charge in [-0.1, -0.05) is 0 Å². The van der Waals surface area contributed by atoms with Gasteiger partial charge in [0.05, 0.1) is 0 Å². The Hall–Kier alpha value is -2.11. The second-order valence-electron chi connectivity index (χ2n) is 6.59. The molecule has 2 aliphatic rings. The van der Waals surface area contributed by atoms with Crippen molar-refractivity contribution in [1.29, 1.82) is 0 Å². The summed E-state index contributed by atoms with van der Waals surface area (Å²) >= 11 is 0. The van der Waals surface area contributed by atoms with Gasteiger partial charge >= 0.3 is 0 Å². The minimum Gasteiger partial charge on any atom is -0.334 e. The van der Waals surface area contributed by atoms with E-state index in [1.54, 1.807) is 6.20 Å². The molecule has 1 aliphatic carbocycles. The third-order valence-electron chi connectivity index (χ3n) is 5.15. The molecule has 122 valence electrons. The van der Waals surface area contributed by atoms with Crippen molar-refractivity contribution in [3.63, 3.8) is 0 Å². The van der Waals surface area contributed by atoms with E-state index in [-0.39, 0.29) is 5.91 Å². The number of carbonyl (C=O) groups is 1. The number of fused-ring (bicyclic) bond motifs is 1. The molecule has 0 radical (unpaired) electrons. The van der Waals surface area contributed by atoms with Crippen LogP contribution < -0.4 is 0 Å². The molecular weight excluding hydrogens is 290 g/mol. The van der Waals surface area contributed by atoms with Crippen LogP contribution in [0, 0.1) is 0 Å². The molecule has 2 aromatic heterocycles. The Morgan fingerprint density at radius 3 is 3.13 bits per heavy atom. The summed E-state index contributed by atoms with van der Waals surface area (Å²) in [5, 5.41) is 11.7. The van der Waals surface area contributed by atoms with E-state index < -0.39 is 0 Å². The van der Waals surface area contributed by atoms with Crippen LogP contribution in [0.2, 0.25) is 0 Å². The minimum absolute atomic E-state index is 0.120. The number of rotatable bonds is 4. The molecule has 2 aromatic rings. The number of carbonyl (C=O) groups excluding carboxylic acids is 1. The maximum atomic E-state index is 13.0. The second kappa shape index (κ2) is 6.18. The van der Waals surface area contributed by atoms with Crippen molar-refractivity contribution in [2.75, 3.05) is 6.54 Å². The number of likely N-dealkylation sites (tertiary alicyclic amines) is 1. The number of hydrogen-bond acceptors (Lipinski definition) is 3. The van der Waals surface area contributed by atoms with Crippen LogP contribution >= 0.6 is 0 Å². The zero-order valence-corrected chi connectivity index (χ0v) is 13.4. The Bertz CT molecular complexity index is 675. The number of hydrogen-bond donors (Lipinski definition) is 1. The number of aryl methyl sites for hydroxylation is 2. The lowest BCUT2D eigenvalue weighted by Crippen LogP contribution is -2.44. The van der Waals surface area contributed by atoms with Gasteiger partial charge in [0.2, 0.25) is 0 Å². The molecule has 1 fully saturated rings. The van der Waals surface area contributed by atoms with Gasteiger partial charge in [-0.25, -0.2) is 0 Å². The highest BCUT2D eigenvalue weighted by molar-refractivity contribution is 5.94. The van der Waals surface area contributed by atoms with Crippen LogP contribution in [-0.4, -0.2) is 43.4 Å². The van der Waals surface area contributed by atoms with Crippen molar-refractivity contribution in [2.45, 2.75) is 57.5 Å². The first-order valence-corrected chi connectivity index (χ1v) is 8.67. The Kier molecular flexibility index (Phi) is 3.89. The van der Waals surface area contributed by atoms with E-state index in [1.165, 1.54) is 12.1 Å². The van der Waals surface area contributed by atoms with Crippen LogP contribution in [-0.2, 0) is 19.4 Å². The summed E-state index contributed by atoms with van der Waals surface area (Å²) in [7, 11) is 0. The van der Waals surface area contributed by atoms with Crippen LogP contribution in [0.15, 0.2) is 18.5 Å². The van der Waals surface area contributed by atoms with Crippen molar-refractivity contribution in [3.05, 3.63) is 35.4 Å². The number of aromatic nitrogens is 4. The predicted molar refractivity (Wildman–Crippen MR) is 86.1 cm³/mol. The quantitative estimate of drug-likeness (QED) is 0.941. The summed E-state index contributed by atoms with van der Waals surface area (Å²) in [6.45, 7) is 1.71. The Balaban J connectivity index is 1.49. The monoisotopic (exact) mass is 313 g/mol. The summed E-state index contributed by atoms with van der Waals surface area (Å²) in [5.41, 5.74) is 2.99. The van der Waals surface area contributed by atoms with Gasteiger partial charge in [0.25, 0.3) is 5.91 Å². The fourth-order valence-corrected chi connectivity index (χ4v) is 3.91. The molecule has 0 bridgehead atoms. The van der Waals surface area contributed by atoms with Crippen molar-refractivity contribution in [1.82, 2.24) is 24.9 Å². The molecule has 3 heterocycles. The maximum Gasteiger partial charge on any atom is 0.274 e. The lowest BCUT2D eigenvalue weighted by atomic mass is 9.98. The van der Waals surface area contributed by atoms with Crippen LogP contribution in [0.25, 0.3) is 0 Å². The highest BCUT2D eigenvalue weighted by Gasteiger charge is 2.31. The van der Waals surface area contributed by atoms with Gasteiger partial charge in [0.1, 0.15) is 0 Å². The first-order valence-electron chi connectivity index (χ1n) is 8.67. The standard InChI is InChI=1S/C17H23N5O/c23-17(16-14-6-3-7-15(14)19-20-16)22-11-2-1-5-13(22)8-12-21-10-4-9-18-21/h4,9-10,13H,1-3,5-8,11-12H2,(H,19,20)/t13-/m1/s1. The SMILES string of the molecule is O=C(c1n[nH]c2c1CCC2)N1CCCC[C@@H]1CCn1cccn1. The molecule has 23 heavy (non-hydrogen) atoms. The zero-order valence-electron chi connectivity index (χ0n) is 13.4. The molecule has 0 saturated carbocycles. The van der Waals surface area contributed by atoms with Gasteiger partial charge in [0.15, 0.2) is 5.69 Å². The van der Waals surface area contributed by atoms with Gasteiger partial charge in [-0.3, -0.25) is 14.6 Å². The van der Waals surface area contributed by atoms with E-state index in [9.17, 15) is 4.79 Å². The van der Waals surface area contributed by atoms with E-state index in [0.717, 1.165) is 57.2 Å². The van der Waals surface area contributed by atoms with E-state index >= 15 is 0 Å². The average Bonchev–Trinajstić information content (AvgIpc) is 3.30. The Morgan fingerprint density at radius 2 is 2.26 bits per heavy atom. The lowest BCUT2D eigenvalue weighted by molar-refractivity contribution is 0.0586. The first-order chi connectivity index (χ1) is 11.3. The Morgan fingerprint density at radius 1 is 1.30 bits per heavy atom. The number of H-pyrrole nitrogens is 1. The number of aromatic amines is 1. The topological polar surface area (TPSA) is 66.8 Å². The van der Waals surface area contributed by atoms with Gasteiger partial charge in [-0.2, -0.15) is 10.2 Å². The molecule has 1 atom stereocenters. The van der Waals surface area contributed by atoms with Crippen molar-refractivity contribution >= 4 is 5.91 Å². The molecule has 0 aromatic carbocycles. The normalized spacial score (nSPS) is 20.7. The van der Waals surface area contributed by atoms with E-state index in [1.807, 2.05) is 16.9 Å². The fourth-order valence-electron chi connectivity index (χ4n) is 3.91. The summed E-state index contributed by atoms with van der Waals surface area (Å²) in [5.74, 6) is 0.120. The maximum absolute atomic E-state index is 13.0. The average molecular weight is 313 g/mol. The van der Waals surface area contributed by atoms with Gasteiger partial charge in [-0.05, 0) is 51.0 Å². The van der Waals surface area contributed by atoms with Crippen LogP contribution in [0.5, 0.6) is 0 Å². The van der Waals surface area contributed by atoms with Crippen molar-refractivity contribution in [3.8, 4) is 0 Å². The summed E-state index contributed by atoms with van der Waals surface area (Å²) < 4.78 is 1.95. The van der Waals surface area contributed by atoms with Crippen LogP contribution in [0.3, 0.4) is 0 Å². The number of nitrogens with one attached hydrogen (secondary N) is 1. The third-order valence-corrected chi connectivity index (χ3v) is 5.15. The molecule has 0 spiro atoms. The van der Waals surface area contributed by atoms with Crippen LogP contribution in [0.1, 0.15) is 53.8 Å². The smallest absolute Gasteiger partial charge is 0.274 e. The van der Waals surface area contributed by atoms with E-state index in [4.69, 9.17) is 0 Å². The second-order valence-corrected chi connectivity index (χ2v) is 6.59. The van der Waals surface area contributed by atoms with Crippen molar-refractivity contribution in [2.24, 2.45) is 0 Å². The van der Waals surface area contributed by atoms with Gasteiger partial charge in [-0.15, -0.1) is 0 Å².